The minimum absolute atomic E-state index is 0.00302. The first-order valence-electron chi connectivity index (χ1n) is 22.4. The van der Waals surface area contributed by atoms with Gasteiger partial charge in [-0.15, -0.1) is 0 Å². The normalized spacial score (nSPS) is 12.3. The molecule has 19 nitrogen and oxygen atoms in total. The molecule has 0 saturated heterocycles. The minimum Gasteiger partial charge on any atom is -0.505 e. The summed E-state index contributed by atoms with van der Waals surface area (Å²) in [6.07, 6.45) is 5.44. The SMILES string of the molecule is CCOC(=O)c1c(OCc2ccccc2)c2ncc(Cc3ccc(F)cc3)c3c2n(c1=O)C=C(C(=O)O)O3.CNC(=O)c1c(O)c2ncc(Cc3ccc(F)cc3)c3c2n(c1=O)C=C(C(=O)NCC(C)(C)N)O3. The van der Waals surface area contributed by atoms with E-state index in [1.165, 1.54) is 43.7 Å². The monoisotopic (exact) mass is 997 g/mol. The molecule has 0 atom stereocenters. The number of benzene rings is 3. The number of esters is 1. The number of aromatic nitrogens is 4. The fourth-order valence-electron chi connectivity index (χ4n) is 7.77. The molecule has 0 aliphatic carbocycles. The summed E-state index contributed by atoms with van der Waals surface area (Å²) < 4.78 is 51.6. The van der Waals surface area contributed by atoms with Crippen LogP contribution in [0, 0.1) is 11.6 Å². The lowest BCUT2D eigenvalue weighted by Crippen LogP contribution is -2.46. The number of carbonyl (C=O) groups is 4. The third-order valence-corrected chi connectivity index (χ3v) is 11.2. The summed E-state index contributed by atoms with van der Waals surface area (Å²) in [5.41, 5.74) is 6.02. The van der Waals surface area contributed by atoms with Crippen LogP contribution in [0.25, 0.3) is 34.5 Å². The topological polar surface area (TPSA) is 266 Å². The molecule has 0 radical (unpaired) electrons. The van der Waals surface area contributed by atoms with Crippen molar-refractivity contribution in [3.63, 3.8) is 0 Å². The highest BCUT2D eigenvalue weighted by Crippen LogP contribution is 2.40. The van der Waals surface area contributed by atoms with Crippen LogP contribution in [-0.4, -0.2) is 78.8 Å². The number of nitrogens with zero attached hydrogens (tertiary/aromatic N) is 4. The van der Waals surface area contributed by atoms with E-state index in [9.17, 15) is 47.8 Å². The van der Waals surface area contributed by atoms with Crippen LogP contribution in [0.4, 0.5) is 8.78 Å². The molecule has 2 aliphatic rings. The van der Waals surface area contributed by atoms with Crippen molar-refractivity contribution in [2.45, 2.75) is 45.8 Å². The molecular weight excluding hydrogens is 953 g/mol. The zero-order valence-electron chi connectivity index (χ0n) is 39.4. The first-order valence-corrected chi connectivity index (χ1v) is 22.4. The third kappa shape index (κ3) is 10.5. The van der Waals surface area contributed by atoms with Crippen LogP contribution in [0.15, 0.2) is 112 Å². The van der Waals surface area contributed by atoms with Crippen LogP contribution in [0.5, 0.6) is 23.0 Å². The number of hydrogen-bond acceptors (Lipinski definition) is 14. The van der Waals surface area contributed by atoms with Crippen LogP contribution >= 0.6 is 0 Å². The summed E-state index contributed by atoms with van der Waals surface area (Å²) in [6.45, 7) is 5.21. The van der Waals surface area contributed by atoms with E-state index in [4.69, 9.17) is 24.7 Å². The van der Waals surface area contributed by atoms with Gasteiger partial charge in [0.1, 0.15) is 45.9 Å². The highest BCUT2D eigenvalue weighted by molar-refractivity contribution is 6.05. The number of amides is 2. The van der Waals surface area contributed by atoms with E-state index in [2.05, 4.69) is 20.6 Å². The van der Waals surface area contributed by atoms with E-state index in [0.717, 1.165) is 32.7 Å². The molecule has 21 heteroatoms. The molecule has 9 rings (SSSR count). The average molecular weight is 998 g/mol. The predicted octanol–water partition coefficient (Wildman–Crippen LogP) is 5.39. The highest BCUT2D eigenvalue weighted by Gasteiger charge is 2.33. The Balaban J connectivity index is 0.000000196. The summed E-state index contributed by atoms with van der Waals surface area (Å²) in [6, 6.07) is 20.7. The molecule has 0 fully saturated rings. The molecule has 6 N–H and O–H groups in total. The average Bonchev–Trinajstić information content (AvgIpc) is 3.37. The molecule has 0 unspecified atom stereocenters. The molecule has 2 aliphatic heterocycles. The smallest absolute Gasteiger partial charge is 0.373 e. The number of pyridine rings is 4. The van der Waals surface area contributed by atoms with Crippen molar-refractivity contribution in [1.29, 1.82) is 0 Å². The Hall–Kier alpha value is -9.24. The number of hydrogen-bond donors (Lipinski definition) is 5. The molecule has 0 bridgehead atoms. The van der Waals surface area contributed by atoms with Crippen molar-refractivity contribution < 1.29 is 57.1 Å². The van der Waals surface area contributed by atoms with Crippen LogP contribution in [0.1, 0.15) is 69.3 Å². The van der Waals surface area contributed by atoms with E-state index in [1.807, 2.05) is 30.3 Å². The van der Waals surface area contributed by atoms with Gasteiger partial charge in [0.25, 0.3) is 22.9 Å². The maximum Gasteiger partial charge on any atom is 0.373 e. The van der Waals surface area contributed by atoms with E-state index < -0.39 is 74.7 Å². The molecule has 3 aromatic carbocycles. The highest BCUT2D eigenvalue weighted by atomic mass is 19.1. The summed E-state index contributed by atoms with van der Waals surface area (Å²) in [5, 5.41) is 25.3. The predicted molar refractivity (Wildman–Crippen MR) is 261 cm³/mol. The lowest BCUT2D eigenvalue weighted by Gasteiger charge is -2.24. The largest absolute Gasteiger partial charge is 0.505 e. The molecule has 374 valence electrons. The Bertz CT molecular complexity index is 3550. The second kappa shape index (κ2) is 20.6. The van der Waals surface area contributed by atoms with Crippen molar-refractivity contribution in [3.8, 4) is 23.0 Å². The molecular formula is C52H45F2N7O12. The lowest BCUT2D eigenvalue weighted by atomic mass is 10.0. The quantitative estimate of drug-likeness (QED) is 0.0855. The van der Waals surface area contributed by atoms with Gasteiger partial charge in [-0.25, -0.2) is 18.4 Å². The number of halogens is 2. The van der Waals surface area contributed by atoms with Gasteiger partial charge >= 0.3 is 11.9 Å². The molecule has 4 aromatic heterocycles. The Morgan fingerprint density at radius 2 is 1.26 bits per heavy atom. The first kappa shape index (κ1) is 50.2. The number of ether oxygens (including phenoxy) is 4. The van der Waals surface area contributed by atoms with E-state index in [1.54, 1.807) is 45.0 Å². The van der Waals surface area contributed by atoms with Gasteiger partial charge in [-0.05, 0) is 61.7 Å². The van der Waals surface area contributed by atoms with Crippen molar-refractivity contribution in [1.82, 2.24) is 29.7 Å². The maximum absolute atomic E-state index is 13.6. The van der Waals surface area contributed by atoms with Gasteiger partial charge in [-0.1, -0.05) is 54.6 Å². The van der Waals surface area contributed by atoms with Crippen LogP contribution < -0.4 is 41.7 Å². The number of nitrogens with one attached hydrogen (secondary N) is 2. The van der Waals surface area contributed by atoms with Gasteiger partial charge < -0.3 is 45.5 Å². The summed E-state index contributed by atoms with van der Waals surface area (Å²) in [7, 11) is 1.32. The standard InChI is InChI=1S/C28H21FN2O7.C24H24FN5O5/c1-2-36-28(35)21-25(37-15-17-6-4-3-5-7-17)22-23-24(38-20(27(33)34)14-31(23)26(21)32)18(13-30-22)12-16-8-10-19(29)11-9-16;1-24(2,26)11-29-21(32)15-10-30-18-17(19(31)16(23(30)34)22(33)27-3)28-9-13(20(18)35-15)8-12-4-6-14(25)7-5-12/h3-11,13-14H,2,12,15H2,1H3,(H,33,34);4-7,9-10,31H,8,11,26H2,1-3H3,(H,27,33)(H,29,32). The minimum atomic E-state index is -1.41. The van der Waals surface area contributed by atoms with Gasteiger partial charge in [0, 0.05) is 55.5 Å². The number of nitrogens with two attached hydrogens (primary N) is 1. The zero-order valence-corrected chi connectivity index (χ0v) is 39.4. The summed E-state index contributed by atoms with van der Waals surface area (Å²) in [5.74, 6) is -5.87. The van der Waals surface area contributed by atoms with Crippen molar-refractivity contribution in [3.05, 3.63) is 174 Å². The third-order valence-electron chi connectivity index (χ3n) is 11.2. The Labute approximate surface area is 412 Å². The molecule has 0 spiro atoms. The maximum atomic E-state index is 13.6. The second-order valence-corrected chi connectivity index (χ2v) is 17.2. The molecule has 6 heterocycles. The number of carboxylic acids is 1. The summed E-state index contributed by atoms with van der Waals surface area (Å²) >= 11 is 0. The number of carboxylic acid groups (broad SMARTS) is 1. The number of rotatable bonds is 14. The van der Waals surface area contributed by atoms with Crippen LogP contribution in [-0.2, 0) is 33.8 Å². The van der Waals surface area contributed by atoms with Gasteiger partial charge in [-0.2, -0.15) is 0 Å². The summed E-state index contributed by atoms with van der Waals surface area (Å²) in [4.78, 5) is 85.7. The molecule has 7 aromatic rings. The lowest BCUT2D eigenvalue weighted by molar-refractivity contribution is -0.135. The zero-order chi connectivity index (χ0) is 52.3. The van der Waals surface area contributed by atoms with E-state index >= 15 is 0 Å². The van der Waals surface area contributed by atoms with Gasteiger partial charge in [-0.3, -0.25) is 38.3 Å². The first-order chi connectivity index (χ1) is 34.9. The molecule has 73 heavy (non-hydrogen) atoms. The van der Waals surface area contributed by atoms with Crippen molar-refractivity contribution >= 4 is 58.2 Å². The van der Waals surface area contributed by atoms with Crippen molar-refractivity contribution in [2.75, 3.05) is 20.2 Å². The van der Waals surface area contributed by atoms with E-state index in [0.29, 0.717) is 16.7 Å². The second-order valence-electron chi connectivity index (χ2n) is 17.2. The number of aliphatic carboxylic acids is 1. The number of aromatic hydroxyl groups is 1. The Morgan fingerprint density at radius 1 is 0.740 bits per heavy atom. The Morgan fingerprint density at radius 3 is 1.79 bits per heavy atom. The van der Waals surface area contributed by atoms with Gasteiger partial charge in [0.15, 0.2) is 28.6 Å². The van der Waals surface area contributed by atoms with Gasteiger partial charge in [0.05, 0.1) is 19.0 Å². The fraction of sp³-hybridized carbons (Fsp3) is 0.192. The van der Waals surface area contributed by atoms with Crippen LogP contribution in [0.3, 0.4) is 0 Å². The number of carbonyl (C=O) groups excluding carboxylic acids is 3. The van der Waals surface area contributed by atoms with E-state index in [-0.39, 0.29) is 77.7 Å². The van der Waals surface area contributed by atoms with Crippen LogP contribution in [0.2, 0.25) is 0 Å². The fourth-order valence-corrected chi connectivity index (χ4v) is 7.77. The molecule has 2 amide bonds. The van der Waals surface area contributed by atoms with Crippen molar-refractivity contribution in [2.24, 2.45) is 5.73 Å². The molecule has 0 saturated carbocycles. The Kier molecular flexibility index (Phi) is 14.2. The van der Waals surface area contributed by atoms with Gasteiger partial charge in [0.2, 0.25) is 11.5 Å².